The number of nitrogens with zero attached hydrogens (tertiary/aromatic N) is 1. The normalized spacial score (nSPS) is 17.9. The van der Waals surface area contributed by atoms with Crippen LogP contribution in [0.5, 0.6) is 17.2 Å². The lowest BCUT2D eigenvalue weighted by Gasteiger charge is -2.33. The van der Waals surface area contributed by atoms with E-state index in [2.05, 4.69) is 0 Å². The molecule has 7 heteroatoms. The average molecular weight is 389 g/mol. The van der Waals surface area contributed by atoms with Gasteiger partial charge in [-0.15, -0.1) is 0 Å². The molecule has 2 atom stereocenters. The summed E-state index contributed by atoms with van der Waals surface area (Å²) >= 11 is 0. The first kappa shape index (κ1) is 19.9. The second-order valence-corrected chi connectivity index (χ2v) is 6.64. The van der Waals surface area contributed by atoms with Crippen LogP contribution in [0.4, 0.5) is 4.39 Å². The number of methoxy groups -OCH3 is 3. The molecule has 28 heavy (non-hydrogen) atoms. The van der Waals surface area contributed by atoms with Gasteiger partial charge in [-0.25, -0.2) is 4.39 Å². The summed E-state index contributed by atoms with van der Waals surface area (Å²) in [5, 5.41) is 9.70. The van der Waals surface area contributed by atoms with Crippen molar-refractivity contribution in [3.63, 3.8) is 0 Å². The van der Waals surface area contributed by atoms with E-state index in [0.717, 1.165) is 12.0 Å². The van der Waals surface area contributed by atoms with E-state index in [-0.39, 0.29) is 0 Å². The summed E-state index contributed by atoms with van der Waals surface area (Å²) in [5.41, 5.74) is 1.34. The summed E-state index contributed by atoms with van der Waals surface area (Å²) in [7, 11) is 4.60. The molecule has 1 saturated heterocycles. The number of rotatable bonds is 7. The Morgan fingerprint density at radius 3 is 2.39 bits per heavy atom. The van der Waals surface area contributed by atoms with Crippen molar-refractivity contribution in [2.24, 2.45) is 0 Å². The molecule has 3 rings (SSSR count). The van der Waals surface area contributed by atoms with Gasteiger partial charge in [0, 0.05) is 12.1 Å². The molecule has 1 fully saturated rings. The molecule has 0 aromatic heterocycles. The van der Waals surface area contributed by atoms with Crippen LogP contribution in [-0.2, 0) is 4.79 Å². The lowest BCUT2D eigenvalue weighted by Crippen LogP contribution is -2.39. The Bertz CT molecular complexity index is 857. The predicted molar refractivity (Wildman–Crippen MR) is 102 cm³/mol. The van der Waals surface area contributed by atoms with Gasteiger partial charge in [-0.1, -0.05) is 6.07 Å². The standard InChI is InChI=1S/C21H24FNO5/c1-26-17-9-7-14(22)12-15(17)20(23-10-4-5-16(23)21(24)25)13-6-8-18(27-2)19(11-13)28-3/h6-9,11-12,16,20H,4-5,10H2,1-3H3,(H,24,25). The first-order chi connectivity index (χ1) is 13.5. The highest BCUT2D eigenvalue weighted by atomic mass is 19.1. The molecule has 150 valence electrons. The molecule has 0 amide bonds. The van der Waals surface area contributed by atoms with Crippen LogP contribution in [0.25, 0.3) is 0 Å². The number of carboxylic acid groups (broad SMARTS) is 1. The Morgan fingerprint density at radius 1 is 1.07 bits per heavy atom. The highest BCUT2D eigenvalue weighted by Crippen LogP contribution is 2.41. The number of hydrogen-bond acceptors (Lipinski definition) is 5. The minimum absolute atomic E-state index is 0.410. The van der Waals surface area contributed by atoms with Gasteiger partial charge in [0.25, 0.3) is 0 Å². The van der Waals surface area contributed by atoms with Gasteiger partial charge >= 0.3 is 5.97 Å². The average Bonchev–Trinajstić information content (AvgIpc) is 3.18. The molecule has 6 nitrogen and oxygen atoms in total. The first-order valence-electron chi connectivity index (χ1n) is 9.04. The molecule has 1 aliphatic heterocycles. The molecule has 0 bridgehead atoms. The Kier molecular flexibility index (Phi) is 6.04. The molecule has 1 heterocycles. The molecule has 1 N–H and O–H groups in total. The van der Waals surface area contributed by atoms with Gasteiger partial charge in [0.1, 0.15) is 17.6 Å². The molecule has 0 spiro atoms. The minimum Gasteiger partial charge on any atom is -0.496 e. The second kappa shape index (κ2) is 8.48. The van der Waals surface area contributed by atoms with Crippen molar-refractivity contribution in [3.8, 4) is 17.2 Å². The fourth-order valence-corrected chi connectivity index (χ4v) is 3.85. The lowest BCUT2D eigenvalue weighted by molar-refractivity contribution is -0.142. The fraction of sp³-hybridized carbons (Fsp3) is 0.381. The van der Waals surface area contributed by atoms with Crippen LogP contribution in [0.3, 0.4) is 0 Å². The number of aliphatic carboxylic acids is 1. The van der Waals surface area contributed by atoms with Gasteiger partial charge in [0.15, 0.2) is 11.5 Å². The third kappa shape index (κ3) is 3.75. The number of likely N-dealkylation sites (tertiary alicyclic amines) is 1. The number of halogens is 1. The number of hydrogen-bond donors (Lipinski definition) is 1. The van der Waals surface area contributed by atoms with Gasteiger partial charge in [-0.05, 0) is 48.7 Å². The monoisotopic (exact) mass is 389 g/mol. The highest BCUT2D eigenvalue weighted by molar-refractivity contribution is 5.74. The smallest absolute Gasteiger partial charge is 0.320 e. The van der Waals surface area contributed by atoms with E-state index in [1.54, 1.807) is 25.3 Å². The van der Waals surface area contributed by atoms with Crippen LogP contribution in [0.15, 0.2) is 36.4 Å². The minimum atomic E-state index is -0.890. The van der Waals surface area contributed by atoms with Gasteiger partial charge in [-0.2, -0.15) is 0 Å². The van der Waals surface area contributed by atoms with E-state index < -0.39 is 23.9 Å². The third-order valence-corrected chi connectivity index (χ3v) is 5.12. The molecule has 2 unspecified atom stereocenters. The summed E-state index contributed by atoms with van der Waals surface area (Å²) in [6, 6.07) is 8.52. The maximum Gasteiger partial charge on any atom is 0.320 e. The summed E-state index contributed by atoms with van der Waals surface area (Å²) in [4.78, 5) is 13.7. The Morgan fingerprint density at radius 2 is 1.75 bits per heavy atom. The van der Waals surface area contributed by atoms with E-state index in [9.17, 15) is 14.3 Å². The van der Waals surface area contributed by atoms with Crippen LogP contribution in [0.2, 0.25) is 0 Å². The molecule has 0 radical (unpaired) electrons. The van der Waals surface area contributed by atoms with Crippen molar-refractivity contribution in [2.75, 3.05) is 27.9 Å². The highest BCUT2D eigenvalue weighted by Gasteiger charge is 2.38. The largest absolute Gasteiger partial charge is 0.496 e. The molecule has 0 saturated carbocycles. The van der Waals surface area contributed by atoms with E-state index in [1.807, 2.05) is 11.0 Å². The van der Waals surface area contributed by atoms with Gasteiger partial charge in [0.2, 0.25) is 0 Å². The maximum atomic E-state index is 14.1. The SMILES string of the molecule is COc1ccc(C(c2cc(F)ccc2OC)N2CCCC2C(=O)O)cc1OC. The van der Waals surface area contributed by atoms with Crippen molar-refractivity contribution in [1.29, 1.82) is 0 Å². The van der Waals surface area contributed by atoms with Crippen molar-refractivity contribution < 1.29 is 28.5 Å². The van der Waals surface area contributed by atoms with Crippen molar-refractivity contribution in [3.05, 3.63) is 53.3 Å². The van der Waals surface area contributed by atoms with E-state index in [4.69, 9.17) is 14.2 Å². The van der Waals surface area contributed by atoms with Crippen LogP contribution < -0.4 is 14.2 Å². The summed E-state index contributed by atoms with van der Waals surface area (Å²) < 4.78 is 30.3. The zero-order valence-electron chi connectivity index (χ0n) is 16.1. The quantitative estimate of drug-likeness (QED) is 0.782. The van der Waals surface area contributed by atoms with E-state index in [1.165, 1.54) is 26.4 Å². The van der Waals surface area contributed by atoms with Crippen molar-refractivity contribution in [2.45, 2.75) is 24.9 Å². The zero-order valence-corrected chi connectivity index (χ0v) is 16.1. The Labute approximate surface area is 163 Å². The molecular formula is C21H24FNO5. The van der Waals surface area contributed by atoms with Crippen LogP contribution in [0.1, 0.15) is 30.0 Å². The first-order valence-corrected chi connectivity index (χ1v) is 9.04. The van der Waals surface area contributed by atoms with Crippen LogP contribution >= 0.6 is 0 Å². The molecule has 0 aliphatic carbocycles. The molecule has 2 aromatic carbocycles. The molecule has 2 aromatic rings. The van der Waals surface area contributed by atoms with Crippen LogP contribution in [-0.4, -0.2) is 49.9 Å². The summed E-state index contributed by atoms with van der Waals surface area (Å²) in [5.74, 6) is 0.279. The second-order valence-electron chi connectivity index (χ2n) is 6.64. The van der Waals surface area contributed by atoms with Crippen LogP contribution in [0, 0.1) is 5.82 Å². The topological polar surface area (TPSA) is 68.2 Å². The number of ether oxygens (including phenoxy) is 3. The summed E-state index contributed by atoms with van der Waals surface area (Å²) in [6.07, 6.45) is 1.29. The fourth-order valence-electron chi connectivity index (χ4n) is 3.85. The number of benzene rings is 2. The molecular weight excluding hydrogens is 365 g/mol. The third-order valence-electron chi connectivity index (χ3n) is 5.12. The Hall–Kier alpha value is -2.80. The Balaban J connectivity index is 2.18. The van der Waals surface area contributed by atoms with Gasteiger partial charge in [-0.3, -0.25) is 9.69 Å². The van der Waals surface area contributed by atoms with E-state index >= 15 is 0 Å². The van der Waals surface area contributed by atoms with Crippen molar-refractivity contribution in [1.82, 2.24) is 4.90 Å². The lowest BCUT2D eigenvalue weighted by atomic mass is 9.94. The molecule has 1 aliphatic rings. The van der Waals surface area contributed by atoms with Gasteiger partial charge < -0.3 is 19.3 Å². The van der Waals surface area contributed by atoms with E-state index in [0.29, 0.717) is 35.8 Å². The van der Waals surface area contributed by atoms with Gasteiger partial charge in [0.05, 0.1) is 27.4 Å². The predicted octanol–water partition coefficient (Wildman–Crippen LogP) is 3.49. The summed E-state index contributed by atoms with van der Waals surface area (Å²) in [6.45, 7) is 0.579. The van der Waals surface area contributed by atoms with Crippen molar-refractivity contribution >= 4 is 5.97 Å². The number of carboxylic acids is 1. The number of carbonyl (C=O) groups is 1. The zero-order chi connectivity index (χ0) is 20.3. The maximum absolute atomic E-state index is 14.1.